The van der Waals surface area contributed by atoms with Crippen molar-refractivity contribution in [3.63, 3.8) is 0 Å². The van der Waals surface area contributed by atoms with Crippen LogP contribution >= 0.6 is 0 Å². The normalized spacial score (nSPS) is 12.5. The zero-order valence-corrected chi connectivity index (χ0v) is 6.61. The highest BCUT2D eigenvalue weighted by atomic mass is 16.3. The van der Waals surface area contributed by atoms with Crippen LogP contribution in [0.5, 0.6) is 0 Å². The number of hydrogen-bond acceptors (Lipinski definition) is 4. The van der Waals surface area contributed by atoms with E-state index in [-0.39, 0.29) is 24.4 Å². The highest BCUT2D eigenvalue weighted by molar-refractivity contribution is 5.90. The molecule has 0 radical (unpaired) electrons. The third kappa shape index (κ3) is 2.03. The number of aliphatic hydroxyl groups is 1. The number of nitrogens with zero attached hydrogens (tertiary/aromatic N) is 2. The van der Waals surface area contributed by atoms with Gasteiger partial charge in [0.15, 0.2) is 0 Å². The zero-order valence-electron chi connectivity index (χ0n) is 6.61. The van der Waals surface area contributed by atoms with Gasteiger partial charge in [0.05, 0.1) is 6.61 Å². The minimum atomic E-state index is -0.367. The van der Waals surface area contributed by atoms with Gasteiger partial charge in [0, 0.05) is 6.04 Å². The van der Waals surface area contributed by atoms with E-state index in [9.17, 15) is 4.79 Å². The summed E-state index contributed by atoms with van der Waals surface area (Å²) in [6.45, 7) is 1.59. The Balaban J connectivity index is 2.50. The molecule has 1 heterocycles. The molecular formula is C6H10N4O2. The van der Waals surface area contributed by atoms with Crippen LogP contribution in [0.15, 0.2) is 6.33 Å². The first-order chi connectivity index (χ1) is 5.74. The van der Waals surface area contributed by atoms with Gasteiger partial charge < -0.3 is 10.4 Å². The van der Waals surface area contributed by atoms with Crippen LogP contribution in [0.2, 0.25) is 0 Å². The topological polar surface area (TPSA) is 90.9 Å². The predicted molar refractivity (Wildman–Crippen MR) is 40.4 cm³/mol. The highest BCUT2D eigenvalue weighted by Gasteiger charge is 2.10. The van der Waals surface area contributed by atoms with Gasteiger partial charge in [-0.25, -0.2) is 4.98 Å². The van der Waals surface area contributed by atoms with Gasteiger partial charge in [0.1, 0.15) is 6.33 Å². The van der Waals surface area contributed by atoms with E-state index in [2.05, 4.69) is 20.5 Å². The van der Waals surface area contributed by atoms with Crippen molar-refractivity contribution in [2.45, 2.75) is 13.0 Å². The molecule has 1 aromatic heterocycles. The molecule has 0 saturated carbocycles. The Labute approximate surface area is 69.0 Å². The molecule has 0 aliphatic rings. The number of rotatable bonds is 3. The van der Waals surface area contributed by atoms with Crippen molar-refractivity contribution in [1.82, 2.24) is 20.5 Å². The van der Waals surface area contributed by atoms with E-state index in [1.165, 1.54) is 6.33 Å². The number of aromatic nitrogens is 3. The second kappa shape index (κ2) is 3.82. The molecule has 6 nitrogen and oxygen atoms in total. The van der Waals surface area contributed by atoms with Gasteiger partial charge in [0.2, 0.25) is 5.82 Å². The summed E-state index contributed by atoms with van der Waals surface area (Å²) in [5.74, 6) is -0.218. The third-order valence-electron chi connectivity index (χ3n) is 1.28. The van der Waals surface area contributed by atoms with Gasteiger partial charge in [-0.1, -0.05) is 0 Å². The van der Waals surface area contributed by atoms with Gasteiger partial charge >= 0.3 is 0 Å². The Morgan fingerprint density at radius 2 is 2.67 bits per heavy atom. The first-order valence-corrected chi connectivity index (χ1v) is 3.51. The molecule has 0 aliphatic carbocycles. The van der Waals surface area contributed by atoms with E-state index in [4.69, 9.17) is 5.11 Å². The van der Waals surface area contributed by atoms with E-state index >= 15 is 0 Å². The summed E-state index contributed by atoms with van der Waals surface area (Å²) < 4.78 is 0. The van der Waals surface area contributed by atoms with Crippen molar-refractivity contribution in [1.29, 1.82) is 0 Å². The summed E-state index contributed by atoms with van der Waals surface area (Å²) in [5, 5.41) is 17.1. The largest absolute Gasteiger partial charge is 0.394 e. The molecule has 1 amide bonds. The van der Waals surface area contributed by atoms with Crippen LogP contribution in [-0.2, 0) is 0 Å². The summed E-state index contributed by atoms with van der Waals surface area (Å²) in [6, 6.07) is -0.275. The first kappa shape index (κ1) is 8.66. The average molecular weight is 170 g/mol. The number of hydrogen-bond donors (Lipinski definition) is 3. The lowest BCUT2D eigenvalue weighted by molar-refractivity contribution is 0.0912. The van der Waals surface area contributed by atoms with Crippen molar-refractivity contribution >= 4 is 5.91 Å². The molecule has 0 spiro atoms. The summed E-state index contributed by atoms with van der Waals surface area (Å²) in [6.07, 6.45) is 1.25. The van der Waals surface area contributed by atoms with E-state index in [1.807, 2.05) is 0 Å². The Morgan fingerprint density at radius 3 is 3.17 bits per heavy atom. The van der Waals surface area contributed by atoms with Gasteiger partial charge in [-0.2, -0.15) is 5.10 Å². The minimum absolute atomic E-state index is 0.0973. The fraction of sp³-hybridized carbons (Fsp3) is 0.500. The molecule has 1 atom stereocenters. The van der Waals surface area contributed by atoms with Crippen LogP contribution < -0.4 is 5.32 Å². The molecule has 1 rings (SSSR count). The van der Waals surface area contributed by atoms with Crippen LogP contribution in [0.25, 0.3) is 0 Å². The summed E-state index contributed by atoms with van der Waals surface area (Å²) in [4.78, 5) is 14.8. The molecule has 0 bridgehead atoms. The van der Waals surface area contributed by atoms with Crippen LogP contribution in [0, 0.1) is 0 Å². The predicted octanol–water partition coefficient (Wildman–Crippen LogP) is -1.08. The maximum atomic E-state index is 11.1. The number of H-pyrrole nitrogens is 1. The minimum Gasteiger partial charge on any atom is -0.394 e. The molecule has 0 saturated heterocycles. The van der Waals surface area contributed by atoms with Crippen molar-refractivity contribution in [3.05, 3.63) is 12.2 Å². The number of nitrogens with one attached hydrogen (secondary N) is 2. The van der Waals surface area contributed by atoms with Crippen LogP contribution in [0.3, 0.4) is 0 Å². The Hall–Kier alpha value is -1.43. The third-order valence-corrected chi connectivity index (χ3v) is 1.28. The number of aromatic amines is 1. The Kier molecular flexibility index (Phi) is 2.76. The lowest BCUT2D eigenvalue weighted by Crippen LogP contribution is -2.35. The summed E-state index contributed by atoms with van der Waals surface area (Å²) in [5.41, 5.74) is 0. The monoisotopic (exact) mass is 170 g/mol. The second-order valence-corrected chi connectivity index (χ2v) is 2.39. The molecule has 0 aliphatic heterocycles. The number of carbonyl (C=O) groups excluding carboxylic acids is 1. The SMILES string of the molecule is CC(CO)NC(=O)c1ncn[nH]1. The van der Waals surface area contributed by atoms with Crippen molar-refractivity contribution in [3.8, 4) is 0 Å². The quantitative estimate of drug-likeness (QED) is 0.538. The standard InChI is InChI=1S/C6H10N4O2/c1-4(2-11)9-6(12)5-7-3-8-10-5/h3-4,11H,2H2,1H3,(H,9,12)(H,7,8,10). The zero-order chi connectivity index (χ0) is 8.97. The smallest absolute Gasteiger partial charge is 0.288 e. The molecule has 0 fully saturated rings. The van der Waals surface area contributed by atoms with Crippen molar-refractivity contribution < 1.29 is 9.90 Å². The maximum Gasteiger partial charge on any atom is 0.288 e. The lowest BCUT2D eigenvalue weighted by Gasteiger charge is -2.07. The second-order valence-electron chi connectivity index (χ2n) is 2.39. The van der Waals surface area contributed by atoms with Gasteiger partial charge in [-0.3, -0.25) is 9.89 Å². The van der Waals surface area contributed by atoms with E-state index in [0.717, 1.165) is 0 Å². The Morgan fingerprint density at radius 1 is 1.92 bits per heavy atom. The fourth-order valence-electron chi connectivity index (χ4n) is 0.653. The molecular weight excluding hydrogens is 160 g/mol. The molecule has 3 N–H and O–H groups in total. The summed E-state index contributed by atoms with van der Waals surface area (Å²) >= 11 is 0. The van der Waals surface area contributed by atoms with Gasteiger partial charge in [0.25, 0.3) is 5.91 Å². The van der Waals surface area contributed by atoms with Gasteiger partial charge in [-0.15, -0.1) is 0 Å². The van der Waals surface area contributed by atoms with Gasteiger partial charge in [-0.05, 0) is 6.92 Å². The molecule has 66 valence electrons. The first-order valence-electron chi connectivity index (χ1n) is 3.51. The van der Waals surface area contributed by atoms with E-state index in [0.29, 0.717) is 0 Å². The molecule has 1 aromatic rings. The fourth-order valence-corrected chi connectivity index (χ4v) is 0.653. The Bertz CT molecular complexity index is 246. The number of amides is 1. The van der Waals surface area contributed by atoms with E-state index < -0.39 is 0 Å². The number of aliphatic hydroxyl groups excluding tert-OH is 1. The molecule has 0 aromatic carbocycles. The maximum absolute atomic E-state index is 11.1. The molecule has 6 heteroatoms. The van der Waals surface area contributed by atoms with Crippen LogP contribution in [0.4, 0.5) is 0 Å². The lowest BCUT2D eigenvalue weighted by atomic mass is 10.3. The van der Waals surface area contributed by atoms with Crippen LogP contribution in [0.1, 0.15) is 17.5 Å². The van der Waals surface area contributed by atoms with Crippen LogP contribution in [-0.4, -0.2) is 38.8 Å². The van der Waals surface area contributed by atoms with E-state index in [1.54, 1.807) is 6.92 Å². The molecule has 1 unspecified atom stereocenters. The molecule has 12 heavy (non-hydrogen) atoms. The summed E-state index contributed by atoms with van der Waals surface area (Å²) in [7, 11) is 0. The van der Waals surface area contributed by atoms with Crippen molar-refractivity contribution in [2.24, 2.45) is 0 Å². The van der Waals surface area contributed by atoms with Crippen molar-refractivity contribution in [2.75, 3.05) is 6.61 Å². The average Bonchev–Trinajstić information content (AvgIpc) is 2.56. The highest BCUT2D eigenvalue weighted by Crippen LogP contribution is 1.87. The number of carbonyl (C=O) groups is 1.